The van der Waals surface area contributed by atoms with Crippen molar-refractivity contribution in [1.82, 2.24) is 15.2 Å². The molecule has 2 N–H and O–H groups in total. The number of amides is 1. The fraction of sp³-hybridized carbons (Fsp3) is 0.182. The zero-order chi connectivity index (χ0) is 11.4. The minimum atomic E-state index is -0.0855. The van der Waals surface area contributed by atoms with Gasteiger partial charge in [-0.1, -0.05) is 0 Å². The lowest BCUT2D eigenvalue weighted by molar-refractivity contribution is -0.115. The zero-order valence-corrected chi connectivity index (χ0v) is 8.90. The van der Waals surface area contributed by atoms with Crippen LogP contribution in [0.25, 0.3) is 0 Å². The van der Waals surface area contributed by atoms with Gasteiger partial charge in [0.05, 0.1) is 6.42 Å². The molecule has 1 amide bonds. The number of carbonyl (C=O) groups excluding carboxylic acids is 1. The van der Waals surface area contributed by atoms with E-state index in [-0.39, 0.29) is 5.91 Å². The largest absolute Gasteiger partial charge is 0.309 e. The van der Waals surface area contributed by atoms with Crippen molar-refractivity contribution in [3.8, 4) is 0 Å². The summed E-state index contributed by atoms with van der Waals surface area (Å²) < 4.78 is 0. The van der Waals surface area contributed by atoms with Gasteiger partial charge in [-0.05, 0) is 24.6 Å². The van der Waals surface area contributed by atoms with Crippen molar-refractivity contribution in [1.29, 1.82) is 0 Å². The van der Waals surface area contributed by atoms with Gasteiger partial charge in [-0.2, -0.15) is 5.10 Å². The van der Waals surface area contributed by atoms with Crippen LogP contribution in [0, 0.1) is 6.92 Å². The summed E-state index contributed by atoms with van der Waals surface area (Å²) in [7, 11) is 0. The average Bonchev–Trinajstić information content (AvgIpc) is 2.65. The zero-order valence-electron chi connectivity index (χ0n) is 8.90. The molecule has 5 nitrogen and oxygen atoms in total. The second-order valence-electron chi connectivity index (χ2n) is 3.52. The van der Waals surface area contributed by atoms with E-state index in [1.54, 1.807) is 18.5 Å². The highest BCUT2D eigenvalue weighted by Crippen LogP contribution is 2.05. The maximum Gasteiger partial charge on any atom is 0.229 e. The van der Waals surface area contributed by atoms with Crippen LogP contribution in [0.5, 0.6) is 0 Å². The SMILES string of the molecule is Cc1cc(NC(=O)Cc2ccncc2)n[nH]1. The number of rotatable bonds is 3. The molecule has 0 atom stereocenters. The Morgan fingerprint density at radius 2 is 2.19 bits per heavy atom. The van der Waals surface area contributed by atoms with Gasteiger partial charge >= 0.3 is 0 Å². The Labute approximate surface area is 92.9 Å². The van der Waals surface area contributed by atoms with Crippen molar-refractivity contribution in [3.63, 3.8) is 0 Å². The van der Waals surface area contributed by atoms with E-state index < -0.39 is 0 Å². The van der Waals surface area contributed by atoms with Crippen LogP contribution < -0.4 is 5.32 Å². The number of H-pyrrole nitrogens is 1. The number of aromatic nitrogens is 3. The molecule has 0 aliphatic heterocycles. The van der Waals surface area contributed by atoms with E-state index in [1.165, 1.54) is 0 Å². The molecule has 0 aliphatic rings. The first-order valence-electron chi connectivity index (χ1n) is 4.95. The Bertz CT molecular complexity index is 478. The van der Waals surface area contributed by atoms with Crippen LogP contribution in [-0.2, 0) is 11.2 Å². The maximum atomic E-state index is 11.6. The van der Waals surface area contributed by atoms with Crippen LogP contribution in [0.3, 0.4) is 0 Å². The lowest BCUT2D eigenvalue weighted by atomic mass is 10.2. The van der Waals surface area contributed by atoms with Gasteiger partial charge < -0.3 is 5.32 Å². The second kappa shape index (κ2) is 4.57. The summed E-state index contributed by atoms with van der Waals surface area (Å²) in [5.41, 5.74) is 1.85. The van der Waals surface area contributed by atoms with Gasteiger partial charge in [-0.15, -0.1) is 0 Å². The monoisotopic (exact) mass is 216 g/mol. The fourth-order valence-electron chi connectivity index (χ4n) is 1.36. The Hall–Kier alpha value is -2.17. The van der Waals surface area contributed by atoms with E-state index >= 15 is 0 Å². The summed E-state index contributed by atoms with van der Waals surface area (Å²) in [5, 5.41) is 9.40. The molecule has 0 saturated carbocycles. The van der Waals surface area contributed by atoms with Gasteiger partial charge in [0.15, 0.2) is 5.82 Å². The molecule has 0 bridgehead atoms. The summed E-state index contributed by atoms with van der Waals surface area (Å²) in [4.78, 5) is 15.5. The number of hydrogen-bond donors (Lipinski definition) is 2. The predicted molar refractivity (Wildman–Crippen MR) is 59.9 cm³/mol. The van der Waals surface area contributed by atoms with Crippen molar-refractivity contribution in [3.05, 3.63) is 41.9 Å². The molecule has 0 radical (unpaired) electrons. The molecule has 5 heteroatoms. The minimum Gasteiger partial charge on any atom is -0.309 e. The smallest absolute Gasteiger partial charge is 0.229 e. The van der Waals surface area contributed by atoms with E-state index in [9.17, 15) is 4.79 Å². The molecule has 0 aromatic carbocycles. The topological polar surface area (TPSA) is 70.7 Å². The van der Waals surface area contributed by atoms with Crippen molar-refractivity contribution in [2.45, 2.75) is 13.3 Å². The first-order chi connectivity index (χ1) is 7.74. The third-order valence-electron chi connectivity index (χ3n) is 2.09. The van der Waals surface area contributed by atoms with Crippen molar-refractivity contribution in [2.75, 3.05) is 5.32 Å². The van der Waals surface area contributed by atoms with Crippen LogP contribution in [0.4, 0.5) is 5.82 Å². The molecule has 2 aromatic rings. The maximum absolute atomic E-state index is 11.6. The quantitative estimate of drug-likeness (QED) is 0.812. The van der Waals surface area contributed by atoms with Crippen LogP contribution in [-0.4, -0.2) is 21.1 Å². The van der Waals surface area contributed by atoms with E-state index in [0.29, 0.717) is 12.2 Å². The van der Waals surface area contributed by atoms with Crippen LogP contribution >= 0.6 is 0 Å². The van der Waals surface area contributed by atoms with Gasteiger partial charge in [-0.3, -0.25) is 14.9 Å². The molecule has 16 heavy (non-hydrogen) atoms. The summed E-state index contributed by atoms with van der Waals surface area (Å²) >= 11 is 0. The number of pyridine rings is 1. The van der Waals surface area contributed by atoms with Gasteiger partial charge in [0, 0.05) is 24.2 Å². The second-order valence-corrected chi connectivity index (χ2v) is 3.52. The highest BCUT2D eigenvalue weighted by molar-refractivity contribution is 5.91. The van der Waals surface area contributed by atoms with E-state index in [2.05, 4.69) is 20.5 Å². The van der Waals surface area contributed by atoms with Gasteiger partial charge in [0.1, 0.15) is 0 Å². The molecule has 0 fully saturated rings. The highest BCUT2D eigenvalue weighted by atomic mass is 16.1. The highest BCUT2D eigenvalue weighted by Gasteiger charge is 2.05. The lowest BCUT2D eigenvalue weighted by Crippen LogP contribution is -2.14. The minimum absolute atomic E-state index is 0.0855. The van der Waals surface area contributed by atoms with Crippen LogP contribution in [0.1, 0.15) is 11.3 Å². The number of hydrogen-bond acceptors (Lipinski definition) is 3. The summed E-state index contributed by atoms with van der Waals surface area (Å²) in [6.45, 7) is 1.88. The summed E-state index contributed by atoms with van der Waals surface area (Å²) in [6.07, 6.45) is 3.66. The predicted octanol–water partition coefficient (Wildman–Crippen LogP) is 1.29. The molecule has 2 heterocycles. The molecule has 2 rings (SSSR count). The number of anilines is 1. The van der Waals surface area contributed by atoms with E-state index in [0.717, 1.165) is 11.3 Å². The molecular weight excluding hydrogens is 204 g/mol. The summed E-state index contributed by atoms with van der Waals surface area (Å²) in [6, 6.07) is 5.41. The molecule has 0 spiro atoms. The molecule has 0 unspecified atom stereocenters. The summed E-state index contributed by atoms with van der Waals surface area (Å²) in [5.74, 6) is 0.467. The van der Waals surface area contributed by atoms with Crippen molar-refractivity contribution >= 4 is 11.7 Å². The van der Waals surface area contributed by atoms with E-state index in [4.69, 9.17) is 0 Å². The standard InChI is InChI=1S/C11H12N4O/c1-8-6-10(15-14-8)13-11(16)7-9-2-4-12-5-3-9/h2-6H,7H2,1H3,(H2,13,14,15,16). The molecule has 0 saturated heterocycles. The average molecular weight is 216 g/mol. The van der Waals surface area contributed by atoms with Gasteiger partial charge in [0.25, 0.3) is 0 Å². The molecule has 2 aromatic heterocycles. The molecule has 0 aliphatic carbocycles. The van der Waals surface area contributed by atoms with Crippen molar-refractivity contribution in [2.24, 2.45) is 0 Å². The Kier molecular flexibility index (Phi) is 2.95. The van der Waals surface area contributed by atoms with E-state index in [1.807, 2.05) is 19.1 Å². The van der Waals surface area contributed by atoms with Crippen LogP contribution in [0.2, 0.25) is 0 Å². The number of aryl methyl sites for hydroxylation is 1. The molecular formula is C11H12N4O. The number of carbonyl (C=O) groups is 1. The Balaban J connectivity index is 1.95. The number of aromatic amines is 1. The van der Waals surface area contributed by atoms with Crippen molar-refractivity contribution < 1.29 is 4.79 Å². The number of nitrogens with zero attached hydrogens (tertiary/aromatic N) is 2. The third kappa shape index (κ3) is 2.66. The van der Waals surface area contributed by atoms with Gasteiger partial charge in [0.2, 0.25) is 5.91 Å². The fourth-order valence-corrected chi connectivity index (χ4v) is 1.36. The first-order valence-corrected chi connectivity index (χ1v) is 4.95. The normalized spacial score (nSPS) is 10.1. The lowest BCUT2D eigenvalue weighted by Gasteiger charge is -2.01. The third-order valence-corrected chi connectivity index (χ3v) is 2.09. The molecule has 82 valence electrons. The Morgan fingerprint density at radius 1 is 1.44 bits per heavy atom. The van der Waals surface area contributed by atoms with Gasteiger partial charge in [-0.25, -0.2) is 0 Å². The van der Waals surface area contributed by atoms with Crippen LogP contribution in [0.15, 0.2) is 30.6 Å². The number of nitrogens with one attached hydrogen (secondary N) is 2. The Morgan fingerprint density at radius 3 is 2.81 bits per heavy atom. The first kappa shape index (κ1) is 10.4.